The lowest BCUT2D eigenvalue weighted by molar-refractivity contribution is 0.102. The number of anilines is 1. The molecule has 0 radical (unpaired) electrons. The fraction of sp³-hybridized carbons (Fsp3) is 0.0556. The zero-order valence-electron chi connectivity index (χ0n) is 14.0. The lowest BCUT2D eigenvalue weighted by Crippen LogP contribution is -2.14. The van der Waals surface area contributed by atoms with E-state index < -0.39 is 15.9 Å². The van der Waals surface area contributed by atoms with Crippen LogP contribution in [0.4, 0.5) is 5.69 Å². The Hall–Kier alpha value is -2.32. The summed E-state index contributed by atoms with van der Waals surface area (Å²) >= 11 is 12.0. The maximum absolute atomic E-state index is 12.5. The first-order valence-electron chi connectivity index (χ1n) is 7.64. The summed E-state index contributed by atoms with van der Waals surface area (Å²) in [5, 5.41) is 8.63. The quantitative estimate of drug-likeness (QED) is 0.644. The van der Waals surface area contributed by atoms with Crippen LogP contribution in [0.15, 0.2) is 57.8 Å². The second kappa shape index (κ2) is 7.36. The predicted molar refractivity (Wildman–Crippen MR) is 105 cm³/mol. The minimum atomic E-state index is -3.79. The van der Waals surface area contributed by atoms with Gasteiger partial charge in [0.1, 0.15) is 11.5 Å². The molecule has 27 heavy (non-hydrogen) atoms. The van der Waals surface area contributed by atoms with E-state index in [4.69, 9.17) is 32.8 Å². The molecule has 0 fully saturated rings. The van der Waals surface area contributed by atoms with Crippen LogP contribution in [0.2, 0.25) is 10.0 Å². The Balaban J connectivity index is 1.84. The van der Waals surface area contributed by atoms with Crippen LogP contribution in [0.3, 0.4) is 0 Å². The molecule has 0 bridgehead atoms. The standard InChI is InChI=1S/C18H14Cl2N2O4S/c1-10-16(9-17(26-10)11-6-12(19)8-13(20)7-11)18(23)22-14-2-4-15(5-3-14)27(21,24)25/h2-9H,1H3,(H,22,23)(H2,21,24,25). The number of amides is 1. The third kappa shape index (κ3) is 4.51. The average Bonchev–Trinajstić information content (AvgIpc) is 2.96. The first-order chi connectivity index (χ1) is 12.6. The van der Waals surface area contributed by atoms with Crippen LogP contribution in [0.25, 0.3) is 11.3 Å². The van der Waals surface area contributed by atoms with Gasteiger partial charge in [0.05, 0.1) is 10.5 Å². The number of carbonyl (C=O) groups excluding carboxylic acids is 1. The number of halogens is 2. The van der Waals surface area contributed by atoms with Crippen LogP contribution in [0.5, 0.6) is 0 Å². The van der Waals surface area contributed by atoms with Crippen LogP contribution < -0.4 is 10.5 Å². The third-order valence-electron chi connectivity index (χ3n) is 3.75. The fourth-order valence-corrected chi connectivity index (χ4v) is 3.51. The number of aryl methyl sites for hydroxylation is 1. The molecule has 0 aliphatic carbocycles. The van der Waals surface area contributed by atoms with E-state index in [1.165, 1.54) is 24.3 Å². The summed E-state index contributed by atoms with van der Waals surface area (Å²) in [4.78, 5) is 12.5. The molecular formula is C18H14Cl2N2O4S. The molecule has 0 aliphatic rings. The van der Waals surface area contributed by atoms with Gasteiger partial charge in [-0.25, -0.2) is 13.6 Å². The second-order valence-corrected chi connectivity index (χ2v) is 8.20. The maximum atomic E-state index is 12.5. The highest BCUT2D eigenvalue weighted by Crippen LogP contribution is 2.30. The van der Waals surface area contributed by atoms with Gasteiger partial charge in [-0.05, 0) is 55.5 Å². The molecule has 3 N–H and O–H groups in total. The highest BCUT2D eigenvalue weighted by atomic mass is 35.5. The van der Waals surface area contributed by atoms with Crippen molar-refractivity contribution in [1.29, 1.82) is 0 Å². The van der Waals surface area contributed by atoms with Crippen molar-refractivity contribution >= 4 is 44.8 Å². The molecule has 1 aromatic heterocycles. The van der Waals surface area contributed by atoms with Crippen molar-refractivity contribution in [3.8, 4) is 11.3 Å². The Morgan fingerprint density at radius 2 is 1.63 bits per heavy atom. The summed E-state index contributed by atoms with van der Waals surface area (Å²) in [5.74, 6) is 0.463. The number of carbonyl (C=O) groups is 1. The lowest BCUT2D eigenvalue weighted by Gasteiger charge is -2.05. The number of furan rings is 1. The molecule has 0 spiro atoms. The Morgan fingerprint density at radius 1 is 1.04 bits per heavy atom. The largest absolute Gasteiger partial charge is 0.461 e. The second-order valence-electron chi connectivity index (χ2n) is 5.76. The lowest BCUT2D eigenvalue weighted by atomic mass is 10.1. The molecule has 0 unspecified atom stereocenters. The van der Waals surface area contributed by atoms with Crippen molar-refractivity contribution < 1.29 is 17.6 Å². The van der Waals surface area contributed by atoms with E-state index >= 15 is 0 Å². The van der Waals surface area contributed by atoms with Gasteiger partial charge in [0.2, 0.25) is 10.0 Å². The Bertz CT molecular complexity index is 1100. The van der Waals surface area contributed by atoms with Crippen LogP contribution in [-0.4, -0.2) is 14.3 Å². The number of hydrogen-bond donors (Lipinski definition) is 2. The van der Waals surface area contributed by atoms with Gasteiger partial charge < -0.3 is 9.73 Å². The monoisotopic (exact) mass is 424 g/mol. The van der Waals surface area contributed by atoms with Gasteiger partial charge >= 0.3 is 0 Å². The Labute approximate surface area is 165 Å². The fourth-order valence-electron chi connectivity index (χ4n) is 2.47. The van der Waals surface area contributed by atoms with Gasteiger partial charge in [-0.15, -0.1) is 0 Å². The predicted octanol–water partition coefficient (Wildman–Crippen LogP) is 4.46. The molecule has 2 aromatic carbocycles. The molecule has 0 saturated heterocycles. The van der Waals surface area contributed by atoms with Crippen LogP contribution >= 0.6 is 23.2 Å². The normalized spacial score (nSPS) is 11.4. The summed E-state index contributed by atoms with van der Waals surface area (Å²) in [6.45, 7) is 1.66. The van der Waals surface area contributed by atoms with Crippen molar-refractivity contribution in [2.45, 2.75) is 11.8 Å². The van der Waals surface area contributed by atoms with Crippen LogP contribution in [0, 0.1) is 6.92 Å². The smallest absolute Gasteiger partial charge is 0.259 e. The minimum absolute atomic E-state index is 0.0416. The molecule has 3 rings (SSSR count). The first-order valence-corrected chi connectivity index (χ1v) is 9.95. The number of nitrogens with one attached hydrogen (secondary N) is 1. The van der Waals surface area contributed by atoms with Crippen molar-refractivity contribution in [2.24, 2.45) is 5.14 Å². The molecule has 140 valence electrons. The van der Waals surface area contributed by atoms with Gasteiger partial charge in [-0.3, -0.25) is 4.79 Å². The van der Waals surface area contributed by atoms with E-state index in [-0.39, 0.29) is 4.90 Å². The van der Waals surface area contributed by atoms with Crippen molar-refractivity contribution in [3.05, 3.63) is 69.9 Å². The van der Waals surface area contributed by atoms with Gasteiger partial charge in [0.15, 0.2) is 0 Å². The molecule has 9 heteroatoms. The van der Waals surface area contributed by atoms with Crippen LogP contribution in [0.1, 0.15) is 16.1 Å². The highest BCUT2D eigenvalue weighted by molar-refractivity contribution is 7.89. The summed E-state index contributed by atoms with van der Waals surface area (Å²) in [5.41, 5.74) is 1.39. The van der Waals surface area contributed by atoms with Gasteiger partial charge in [-0.1, -0.05) is 23.2 Å². The number of hydrogen-bond acceptors (Lipinski definition) is 4. The van der Waals surface area contributed by atoms with Crippen molar-refractivity contribution in [2.75, 3.05) is 5.32 Å². The SMILES string of the molecule is Cc1oc(-c2cc(Cl)cc(Cl)c2)cc1C(=O)Nc1ccc(S(N)(=O)=O)cc1. The number of sulfonamides is 1. The van der Waals surface area contributed by atoms with E-state index in [0.29, 0.717) is 38.4 Å². The van der Waals surface area contributed by atoms with Crippen molar-refractivity contribution in [3.63, 3.8) is 0 Å². The zero-order valence-corrected chi connectivity index (χ0v) is 16.3. The number of rotatable bonds is 4. The number of nitrogens with two attached hydrogens (primary N) is 1. The minimum Gasteiger partial charge on any atom is -0.461 e. The Morgan fingerprint density at radius 3 is 2.19 bits per heavy atom. The molecule has 0 saturated carbocycles. The van der Waals surface area contributed by atoms with Gasteiger partial charge in [0.25, 0.3) is 5.91 Å². The molecule has 0 aliphatic heterocycles. The molecule has 6 nitrogen and oxygen atoms in total. The van der Waals surface area contributed by atoms with E-state index in [1.807, 2.05) is 0 Å². The van der Waals surface area contributed by atoms with E-state index in [0.717, 1.165) is 0 Å². The molecule has 1 amide bonds. The summed E-state index contributed by atoms with van der Waals surface area (Å²) < 4.78 is 28.2. The first kappa shape index (κ1) is 19.4. The number of benzene rings is 2. The van der Waals surface area contributed by atoms with Crippen LogP contribution in [-0.2, 0) is 10.0 Å². The summed E-state index contributed by atoms with van der Waals surface area (Å²) in [6, 6.07) is 12.1. The number of primary sulfonamides is 1. The Kier molecular flexibility index (Phi) is 5.30. The third-order valence-corrected chi connectivity index (χ3v) is 5.12. The highest BCUT2D eigenvalue weighted by Gasteiger charge is 2.17. The molecular weight excluding hydrogens is 411 g/mol. The van der Waals surface area contributed by atoms with E-state index in [9.17, 15) is 13.2 Å². The maximum Gasteiger partial charge on any atom is 0.259 e. The average molecular weight is 425 g/mol. The molecule has 3 aromatic rings. The van der Waals surface area contributed by atoms with Crippen molar-refractivity contribution in [1.82, 2.24) is 0 Å². The topological polar surface area (TPSA) is 102 Å². The van der Waals surface area contributed by atoms with Gasteiger partial charge in [0, 0.05) is 21.3 Å². The zero-order chi connectivity index (χ0) is 19.8. The summed E-state index contributed by atoms with van der Waals surface area (Å²) in [7, 11) is -3.79. The molecule has 1 heterocycles. The van der Waals surface area contributed by atoms with E-state index in [1.54, 1.807) is 31.2 Å². The van der Waals surface area contributed by atoms with E-state index in [2.05, 4.69) is 5.32 Å². The molecule has 0 atom stereocenters. The summed E-state index contributed by atoms with van der Waals surface area (Å²) in [6.07, 6.45) is 0. The van der Waals surface area contributed by atoms with Gasteiger partial charge in [-0.2, -0.15) is 0 Å².